The number of rotatable bonds is 9. The topological polar surface area (TPSA) is 41.6 Å². The number of hydrogen-bond donors (Lipinski definition) is 1. The first-order valence-electron chi connectivity index (χ1n) is 12.8. The van der Waals surface area contributed by atoms with Crippen molar-refractivity contribution in [1.29, 1.82) is 0 Å². The van der Waals surface area contributed by atoms with E-state index in [1.165, 1.54) is 42.0 Å². The van der Waals surface area contributed by atoms with Gasteiger partial charge in [0.1, 0.15) is 5.75 Å². The van der Waals surface area contributed by atoms with E-state index in [0.717, 1.165) is 37.5 Å². The van der Waals surface area contributed by atoms with E-state index in [1.807, 2.05) is 24.3 Å². The molecule has 4 nitrogen and oxygen atoms in total. The van der Waals surface area contributed by atoms with Crippen LogP contribution in [0.5, 0.6) is 5.75 Å². The van der Waals surface area contributed by atoms with E-state index in [4.69, 9.17) is 4.74 Å². The highest BCUT2D eigenvalue weighted by Crippen LogP contribution is 2.38. The number of benzene rings is 3. The highest BCUT2D eigenvalue weighted by Gasteiger charge is 2.28. The first-order valence-corrected chi connectivity index (χ1v) is 12.8. The summed E-state index contributed by atoms with van der Waals surface area (Å²) in [6.07, 6.45) is 3.45. The molecule has 0 aliphatic carbocycles. The molecule has 1 heterocycles. The highest BCUT2D eigenvalue weighted by molar-refractivity contribution is 5.88. The summed E-state index contributed by atoms with van der Waals surface area (Å²) in [7, 11) is 0. The molecule has 4 rings (SSSR count). The average Bonchev–Trinajstić information content (AvgIpc) is 2.86. The molecule has 0 atom stereocenters. The van der Waals surface area contributed by atoms with Crippen molar-refractivity contribution in [3.05, 3.63) is 95.1 Å². The second-order valence-corrected chi connectivity index (χ2v) is 9.89. The van der Waals surface area contributed by atoms with Gasteiger partial charge in [-0.3, -0.25) is 4.79 Å². The highest BCUT2D eigenvalue weighted by atomic mass is 16.5. The Balaban J connectivity index is 1.27. The molecule has 184 valence electrons. The maximum absolute atomic E-state index is 11.1. The lowest BCUT2D eigenvalue weighted by atomic mass is 9.76. The molecule has 1 aliphatic heterocycles. The van der Waals surface area contributed by atoms with E-state index in [2.05, 4.69) is 72.6 Å². The second-order valence-electron chi connectivity index (χ2n) is 9.89. The van der Waals surface area contributed by atoms with Crippen molar-refractivity contribution in [2.75, 3.05) is 31.6 Å². The number of likely N-dealkylation sites (tertiary alicyclic amines) is 1. The van der Waals surface area contributed by atoms with Gasteiger partial charge >= 0.3 is 0 Å². The van der Waals surface area contributed by atoms with Crippen LogP contribution in [0.4, 0.5) is 5.69 Å². The Labute approximate surface area is 210 Å². The number of anilines is 1. The van der Waals surface area contributed by atoms with Crippen molar-refractivity contribution in [2.45, 2.75) is 46.0 Å². The predicted molar refractivity (Wildman–Crippen MR) is 144 cm³/mol. The summed E-state index contributed by atoms with van der Waals surface area (Å²) in [5.41, 5.74) is 6.31. The number of piperidine rings is 1. The standard InChI is InChI=1S/C31H38N2O2/c1-23-5-9-26(10-6-23)31(27-11-7-24(2)8-12-27)28-17-20-33(21-18-28)19-4-22-35-30-15-13-29(14-16-30)32-25(3)34/h5-16,28,31H,4,17-22H2,1-3H3,(H,32,34). The molecule has 3 aromatic carbocycles. The lowest BCUT2D eigenvalue weighted by Gasteiger charge is -2.36. The molecular formula is C31H38N2O2. The third-order valence-electron chi connectivity index (χ3n) is 7.04. The Kier molecular flexibility index (Phi) is 8.59. The van der Waals surface area contributed by atoms with Gasteiger partial charge in [0.2, 0.25) is 5.91 Å². The van der Waals surface area contributed by atoms with E-state index >= 15 is 0 Å². The van der Waals surface area contributed by atoms with Gasteiger partial charge < -0.3 is 15.0 Å². The molecule has 0 unspecified atom stereocenters. The minimum atomic E-state index is -0.0634. The van der Waals surface area contributed by atoms with Crippen LogP contribution in [0.3, 0.4) is 0 Å². The van der Waals surface area contributed by atoms with Gasteiger partial charge in [-0.15, -0.1) is 0 Å². The number of nitrogens with one attached hydrogen (secondary N) is 1. The summed E-state index contributed by atoms with van der Waals surface area (Å²) in [6, 6.07) is 25.9. The zero-order valence-electron chi connectivity index (χ0n) is 21.3. The number of ether oxygens (including phenoxy) is 1. The molecule has 35 heavy (non-hydrogen) atoms. The molecule has 0 spiro atoms. The Morgan fingerprint density at radius 3 is 1.94 bits per heavy atom. The van der Waals surface area contributed by atoms with E-state index in [0.29, 0.717) is 18.4 Å². The fourth-order valence-corrected chi connectivity index (χ4v) is 5.11. The average molecular weight is 471 g/mol. The maximum atomic E-state index is 11.1. The molecule has 0 aromatic heterocycles. The largest absolute Gasteiger partial charge is 0.494 e. The molecule has 1 aliphatic rings. The van der Waals surface area contributed by atoms with Gasteiger partial charge in [-0.2, -0.15) is 0 Å². The number of aryl methyl sites for hydroxylation is 2. The number of carbonyl (C=O) groups excluding carboxylic acids is 1. The Morgan fingerprint density at radius 2 is 1.43 bits per heavy atom. The Morgan fingerprint density at radius 1 is 0.886 bits per heavy atom. The smallest absolute Gasteiger partial charge is 0.221 e. The predicted octanol–water partition coefficient (Wildman–Crippen LogP) is 6.57. The van der Waals surface area contributed by atoms with Crippen LogP contribution in [0.1, 0.15) is 54.4 Å². The van der Waals surface area contributed by atoms with Crippen LogP contribution >= 0.6 is 0 Å². The van der Waals surface area contributed by atoms with Crippen molar-refractivity contribution in [2.24, 2.45) is 5.92 Å². The van der Waals surface area contributed by atoms with Crippen molar-refractivity contribution in [3.63, 3.8) is 0 Å². The Bertz CT molecular complexity index is 1020. The number of carbonyl (C=O) groups is 1. The monoisotopic (exact) mass is 470 g/mol. The number of amides is 1. The minimum absolute atomic E-state index is 0.0634. The SMILES string of the molecule is CC(=O)Nc1ccc(OCCCN2CCC(C(c3ccc(C)cc3)c3ccc(C)cc3)CC2)cc1. The van der Waals surface area contributed by atoms with Gasteiger partial charge in [-0.05, 0) is 87.5 Å². The number of hydrogen-bond acceptors (Lipinski definition) is 3. The molecule has 1 fully saturated rings. The summed E-state index contributed by atoms with van der Waals surface area (Å²) in [4.78, 5) is 13.7. The molecular weight excluding hydrogens is 432 g/mol. The number of nitrogens with zero attached hydrogens (tertiary/aromatic N) is 1. The normalized spacial score (nSPS) is 14.7. The van der Waals surface area contributed by atoms with Crippen LogP contribution in [0.15, 0.2) is 72.8 Å². The van der Waals surface area contributed by atoms with Gasteiger partial charge in [0.25, 0.3) is 0 Å². The summed E-state index contributed by atoms with van der Waals surface area (Å²) in [5.74, 6) is 1.90. The minimum Gasteiger partial charge on any atom is -0.494 e. The summed E-state index contributed by atoms with van der Waals surface area (Å²) >= 11 is 0. The molecule has 1 amide bonds. The first-order chi connectivity index (χ1) is 17.0. The fourth-order valence-electron chi connectivity index (χ4n) is 5.11. The van der Waals surface area contributed by atoms with Gasteiger partial charge in [-0.25, -0.2) is 0 Å². The summed E-state index contributed by atoms with van der Waals surface area (Å²) < 4.78 is 5.91. The first kappa shape index (κ1) is 25.0. The van der Waals surface area contributed by atoms with Crippen molar-refractivity contribution in [3.8, 4) is 5.75 Å². The molecule has 1 saturated heterocycles. The van der Waals surface area contributed by atoms with Crippen molar-refractivity contribution >= 4 is 11.6 Å². The Hall–Kier alpha value is -3.11. The molecule has 0 saturated carbocycles. The van der Waals surface area contributed by atoms with Crippen LogP contribution in [0, 0.1) is 19.8 Å². The van der Waals surface area contributed by atoms with Crippen LogP contribution in [0.25, 0.3) is 0 Å². The van der Waals surface area contributed by atoms with Crippen LogP contribution in [-0.2, 0) is 4.79 Å². The molecule has 4 heteroatoms. The van der Waals surface area contributed by atoms with Crippen molar-refractivity contribution in [1.82, 2.24) is 4.90 Å². The zero-order valence-corrected chi connectivity index (χ0v) is 21.3. The van der Waals surface area contributed by atoms with Gasteiger partial charge in [0.15, 0.2) is 0 Å². The van der Waals surface area contributed by atoms with Crippen LogP contribution in [-0.4, -0.2) is 37.0 Å². The molecule has 0 radical (unpaired) electrons. The second kappa shape index (κ2) is 12.0. The summed E-state index contributed by atoms with van der Waals surface area (Å²) in [6.45, 7) is 9.89. The molecule has 1 N–H and O–H groups in total. The van der Waals surface area contributed by atoms with E-state index in [-0.39, 0.29) is 5.91 Å². The molecule has 3 aromatic rings. The van der Waals surface area contributed by atoms with E-state index in [9.17, 15) is 4.79 Å². The summed E-state index contributed by atoms with van der Waals surface area (Å²) in [5, 5.41) is 2.78. The van der Waals surface area contributed by atoms with E-state index < -0.39 is 0 Å². The quantitative estimate of drug-likeness (QED) is 0.359. The third kappa shape index (κ3) is 7.19. The van der Waals surface area contributed by atoms with Crippen LogP contribution < -0.4 is 10.1 Å². The lowest BCUT2D eigenvalue weighted by molar-refractivity contribution is -0.114. The van der Waals surface area contributed by atoms with Gasteiger partial charge in [-0.1, -0.05) is 59.7 Å². The van der Waals surface area contributed by atoms with Crippen LogP contribution in [0.2, 0.25) is 0 Å². The molecule has 0 bridgehead atoms. The lowest BCUT2D eigenvalue weighted by Crippen LogP contribution is -2.36. The zero-order chi connectivity index (χ0) is 24.6. The van der Waals surface area contributed by atoms with Crippen molar-refractivity contribution < 1.29 is 9.53 Å². The third-order valence-corrected chi connectivity index (χ3v) is 7.04. The maximum Gasteiger partial charge on any atom is 0.221 e. The van der Waals surface area contributed by atoms with Gasteiger partial charge in [0.05, 0.1) is 6.61 Å². The fraction of sp³-hybridized carbons (Fsp3) is 0.387. The van der Waals surface area contributed by atoms with E-state index in [1.54, 1.807) is 0 Å². The van der Waals surface area contributed by atoms with Gasteiger partial charge in [0, 0.05) is 25.1 Å².